The Balaban J connectivity index is 1.94. The van der Waals surface area contributed by atoms with Gasteiger partial charge in [0.15, 0.2) is 5.76 Å². The van der Waals surface area contributed by atoms with Gasteiger partial charge in [-0.3, -0.25) is 4.79 Å². The second-order valence-corrected chi connectivity index (χ2v) is 5.27. The predicted octanol–water partition coefficient (Wildman–Crippen LogP) is 3.15. The summed E-state index contributed by atoms with van der Waals surface area (Å²) in [6, 6.07) is 12.0. The third-order valence-corrected chi connectivity index (χ3v) is 4.06. The number of carbonyl (C=O) groups excluding carboxylic acids is 1. The van der Waals surface area contributed by atoms with Crippen molar-refractivity contribution in [2.75, 3.05) is 18.5 Å². The first-order chi connectivity index (χ1) is 10.2. The molecule has 1 atom stereocenters. The van der Waals surface area contributed by atoms with E-state index in [9.17, 15) is 4.79 Å². The number of benzene rings is 1. The number of nitrogens with zero attached hydrogens (tertiary/aromatic N) is 1. The zero-order chi connectivity index (χ0) is 14.8. The van der Waals surface area contributed by atoms with E-state index in [2.05, 4.69) is 11.4 Å². The summed E-state index contributed by atoms with van der Waals surface area (Å²) < 4.78 is 5.61. The first-order valence-electron chi connectivity index (χ1n) is 7.41. The lowest BCUT2D eigenvalue weighted by atomic mass is 9.96. The standard InChI is InChI=1S/C17H20N2O2/c1-3-12-8-9-16(21-12)17(20)19-11-10-14(18-2)13-6-4-5-7-15(13)19/h4-9,14,18H,3,10-11H2,1-2H3. The van der Waals surface area contributed by atoms with E-state index in [-0.39, 0.29) is 5.91 Å². The molecule has 21 heavy (non-hydrogen) atoms. The SMILES string of the molecule is CCc1ccc(C(=O)N2CCC(NC)c3ccccc32)o1. The molecule has 0 fully saturated rings. The molecule has 4 nitrogen and oxygen atoms in total. The topological polar surface area (TPSA) is 45.5 Å². The van der Waals surface area contributed by atoms with Gasteiger partial charge >= 0.3 is 0 Å². The molecular formula is C17H20N2O2. The van der Waals surface area contributed by atoms with E-state index < -0.39 is 0 Å². The van der Waals surface area contributed by atoms with Crippen molar-refractivity contribution in [3.63, 3.8) is 0 Å². The Labute approximate surface area is 124 Å². The highest BCUT2D eigenvalue weighted by Crippen LogP contribution is 2.34. The van der Waals surface area contributed by atoms with Crippen molar-refractivity contribution in [2.24, 2.45) is 0 Å². The zero-order valence-corrected chi connectivity index (χ0v) is 12.4. The quantitative estimate of drug-likeness (QED) is 0.941. The molecule has 4 heteroatoms. The van der Waals surface area contributed by atoms with Crippen LogP contribution in [0.25, 0.3) is 0 Å². The van der Waals surface area contributed by atoms with Crippen LogP contribution in [0.4, 0.5) is 5.69 Å². The summed E-state index contributed by atoms with van der Waals surface area (Å²) >= 11 is 0. The number of amides is 1. The van der Waals surface area contributed by atoms with Gasteiger partial charge in [-0.2, -0.15) is 0 Å². The smallest absolute Gasteiger partial charge is 0.293 e. The Hall–Kier alpha value is -2.07. The summed E-state index contributed by atoms with van der Waals surface area (Å²) in [5.41, 5.74) is 2.14. The van der Waals surface area contributed by atoms with E-state index in [1.165, 1.54) is 5.56 Å². The van der Waals surface area contributed by atoms with Gasteiger partial charge < -0.3 is 14.6 Å². The van der Waals surface area contributed by atoms with Crippen LogP contribution in [-0.4, -0.2) is 19.5 Å². The first kappa shape index (κ1) is 13.9. The van der Waals surface area contributed by atoms with Crippen molar-refractivity contribution in [1.29, 1.82) is 0 Å². The molecule has 0 bridgehead atoms. The van der Waals surface area contributed by atoms with Gasteiger partial charge in [-0.05, 0) is 37.2 Å². The molecule has 1 unspecified atom stereocenters. The van der Waals surface area contributed by atoms with Crippen molar-refractivity contribution in [1.82, 2.24) is 5.32 Å². The number of hydrogen-bond acceptors (Lipinski definition) is 3. The number of furan rings is 1. The Morgan fingerprint density at radius 2 is 2.14 bits per heavy atom. The maximum Gasteiger partial charge on any atom is 0.293 e. The van der Waals surface area contributed by atoms with Crippen molar-refractivity contribution in [3.05, 3.63) is 53.5 Å². The maximum atomic E-state index is 12.7. The third-order valence-electron chi connectivity index (χ3n) is 4.06. The van der Waals surface area contributed by atoms with E-state index in [0.29, 0.717) is 18.3 Å². The average Bonchev–Trinajstić information content (AvgIpc) is 3.02. The van der Waals surface area contributed by atoms with Gasteiger partial charge in [-0.1, -0.05) is 25.1 Å². The van der Waals surface area contributed by atoms with Crippen LogP contribution in [0.15, 0.2) is 40.8 Å². The lowest BCUT2D eigenvalue weighted by molar-refractivity contribution is 0.0955. The maximum absolute atomic E-state index is 12.7. The van der Waals surface area contributed by atoms with Gasteiger partial charge in [0.2, 0.25) is 0 Å². The summed E-state index contributed by atoms with van der Waals surface area (Å²) in [6.45, 7) is 2.71. The minimum Gasteiger partial charge on any atom is -0.456 e. The fourth-order valence-electron chi connectivity index (χ4n) is 2.89. The Morgan fingerprint density at radius 3 is 2.86 bits per heavy atom. The lowest BCUT2D eigenvalue weighted by Crippen LogP contribution is -2.38. The number of fused-ring (bicyclic) bond motifs is 1. The van der Waals surface area contributed by atoms with Crippen LogP contribution in [0.3, 0.4) is 0 Å². The Morgan fingerprint density at radius 1 is 1.33 bits per heavy atom. The van der Waals surface area contributed by atoms with E-state index in [1.807, 2.05) is 43.1 Å². The summed E-state index contributed by atoms with van der Waals surface area (Å²) in [4.78, 5) is 14.5. The normalized spacial score (nSPS) is 17.6. The summed E-state index contributed by atoms with van der Waals surface area (Å²) in [6.07, 6.45) is 1.70. The predicted molar refractivity (Wildman–Crippen MR) is 82.6 cm³/mol. The van der Waals surface area contributed by atoms with Gasteiger partial charge in [-0.25, -0.2) is 0 Å². The van der Waals surface area contributed by atoms with Crippen molar-refractivity contribution >= 4 is 11.6 Å². The number of aryl methyl sites for hydroxylation is 1. The van der Waals surface area contributed by atoms with E-state index in [4.69, 9.17) is 4.42 Å². The molecule has 0 aliphatic carbocycles. The fourth-order valence-corrected chi connectivity index (χ4v) is 2.89. The monoisotopic (exact) mass is 284 g/mol. The molecule has 2 aromatic rings. The molecule has 0 saturated carbocycles. The highest BCUT2D eigenvalue weighted by molar-refractivity contribution is 6.05. The van der Waals surface area contributed by atoms with E-state index in [0.717, 1.165) is 24.3 Å². The molecule has 1 aromatic carbocycles. The third kappa shape index (κ3) is 2.47. The second kappa shape index (κ2) is 5.74. The average molecular weight is 284 g/mol. The molecule has 0 spiro atoms. The molecule has 1 aliphatic heterocycles. The molecule has 1 N–H and O–H groups in total. The number of anilines is 1. The van der Waals surface area contributed by atoms with Gasteiger partial charge in [0.05, 0.1) is 0 Å². The van der Waals surface area contributed by atoms with Crippen LogP contribution in [0.1, 0.15) is 41.3 Å². The highest BCUT2D eigenvalue weighted by Gasteiger charge is 2.29. The molecule has 1 aromatic heterocycles. The summed E-state index contributed by atoms with van der Waals surface area (Å²) in [7, 11) is 1.96. The molecule has 1 aliphatic rings. The number of para-hydroxylation sites is 1. The van der Waals surface area contributed by atoms with Crippen LogP contribution in [-0.2, 0) is 6.42 Å². The molecular weight excluding hydrogens is 264 g/mol. The van der Waals surface area contributed by atoms with Crippen LogP contribution in [0, 0.1) is 0 Å². The minimum absolute atomic E-state index is 0.0586. The lowest BCUT2D eigenvalue weighted by Gasteiger charge is -2.33. The van der Waals surface area contributed by atoms with Crippen molar-refractivity contribution in [3.8, 4) is 0 Å². The first-order valence-corrected chi connectivity index (χ1v) is 7.41. The molecule has 0 saturated heterocycles. The van der Waals surface area contributed by atoms with Crippen LogP contribution in [0.2, 0.25) is 0 Å². The fraction of sp³-hybridized carbons (Fsp3) is 0.353. The van der Waals surface area contributed by atoms with Gasteiger partial charge in [-0.15, -0.1) is 0 Å². The van der Waals surface area contributed by atoms with E-state index >= 15 is 0 Å². The van der Waals surface area contributed by atoms with Gasteiger partial charge in [0.1, 0.15) is 5.76 Å². The minimum atomic E-state index is -0.0586. The van der Waals surface area contributed by atoms with Gasteiger partial charge in [0, 0.05) is 24.7 Å². The summed E-state index contributed by atoms with van der Waals surface area (Å²) in [5, 5.41) is 3.31. The Bertz CT molecular complexity index is 648. The van der Waals surface area contributed by atoms with Crippen LogP contribution >= 0.6 is 0 Å². The number of nitrogens with one attached hydrogen (secondary N) is 1. The van der Waals surface area contributed by atoms with Crippen LogP contribution < -0.4 is 10.2 Å². The molecule has 110 valence electrons. The van der Waals surface area contributed by atoms with Crippen LogP contribution in [0.5, 0.6) is 0 Å². The van der Waals surface area contributed by atoms with Crippen molar-refractivity contribution in [2.45, 2.75) is 25.8 Å². The molecule has 1 amide bonds. The Kier molecular flexibility index (Phi) is 3.80. The molecule has 0 radical (unpaired) electrons. The number of rotatable bonds is 3. The van der Waals surface area contributed by atoms with Crippen molar-refractivity contribution < 1.29 is 9.21 Å². The largest absolute Gasteiger partial charge is 0.456 e. The number of hydrogen-bond donors (Lipinski definition) is 1. The summed E-state index contributed by atoms with van der Waals surface area (Å²) in [5.74, 6) is 1.21. The number of carbonyl (C=O) groups is 1. The molecule has 3 rings (SSSR count). The molecule has 2 heterocycles. The highest BCUT2D eigenvalue weighted by atomic mass is 16.4. The van der Waals surface area contributed by atoms with E-state index in [1.54, 1.807) is 6.07 Å². The van der Waals surface area contributed by atoms with Gasteiger partial charge in [0.25, 0.3) is 5.91 Å². The second-order valence-electron chi connectivity index (χ2n) is 5.27. The zero-order valence-electron chi connectivity index (χ0n) is 12.4.